The minimum Gasteiger partial charge on any atom is -0.497 e. The number of rotatable bonds is 8. The quantitative estimate of drug-likeness (QED) is 0.644. The standard InChI is InChI=1S/C21H22N4O2/c1-27-19-6-4-16(5-7-19)8-11-24-21(26)18-9-12-23-20(13-18)25-15-17-3-2-10-22-14-17/h2-7,9-10,12-14H,8,11,15H2,1H3,(H,23,25)(H,24,26). The molecule has 6 heteroatoms. The zero-order valence-corrected chi connectivity index (χ0v) is 15.2. The average Bonchev–Trinajstić information content (AvgIpc) is 2.73. The number of anilines is 1. The number of hydrogen-bond acceptors (Lipinski definition) is 5. The van der Waals surface area contributed by atoms with Crippen molar-refractivity contribution < 1.29 is 9.53 Å². The molecule has 0 aliphatic heterocycles. The highest BCUT2D eigenvalue weighted by Gasteiger charge is 2.07. The number of nitrogens with zero attached hydrogens (tertiary/aromatic N) is 2. The fraction of sp³-hybridized carbons (Fsp3) is 0.190. The molecule has 6 nitrogen and oxygen atoms in total. The fourth-order valence-electron chi connectivity index (χ4n) is 2.58. The molecule has 2 aromatic heterocycles. The smallest absolute Gasteiger partial charge is 0.251 e. The number of nitrogens with one attached hydrogen (secondary N) is 2. The summed E-state index contributed by atoms with van der Waals surface area (Å²) in [6.07, 6.45) is 5.91. The van der Waals surface area contributed by atoms with Gasteiger partial charge in [0.15, 0.2) is 0 Å². The van der Waals surface area contributed by atoms with Crippen LogP contribution < -0.4 is 15.4 Å². The maximum atomic E-state index is 12.4. The molecule has 0 saturated heterocycles. The number of pyridine rings is 2. The molecule has 3 aromatic rings. The van der Waals surface area contributed by atoms with Gasteiger partial charge in [-0.15, -0.1) is 0 Å². The monoisotopic (exact) mass is 362 g/mol. The van der Waals surface area contributed by atoms with Gasteiger partial charge in [0.25, 0.3) is 5.91 Å². The topological polar surface area (TPSA) is 76.1 Å². The summed E-state index contributed by atoms with van der Waals surface area (Å²) >= 11 is 0. The van der Waals surface area contributed by atoms with Crippen molar-refractivity contribution in [2.24, 2.45) is 0 Å². The van der Waals surface area contributed by atoms with Gasteiger partial charge in [-0.1, -0.05) is 18.2 Å². The second kappa shape index (κ2) is 9.33. The first-order chi connectivity index (χ1) is 13.2. The second-order valence-corrected chi connectivity index (χ2v) is 6.00. The van der Waals surface area contributed by atoms with Crippen LogP contribution in [0.25, 0.3) is 0 Å². The van der Waals surface area contributed by atoms with Crippen molar-refractivity contribution in [2.45, 2.75) is 13.0 Å². The minimum absolute atomic E-state index is 0.115. The van der Waals surface area contributed by atoms with Crippen LogP contribution in [-0.4, -0.2) is 29.5 Å². The van der Waals surface area contributed by atoms with Gasteiger partial charge in [0.05, 0.1) is 7.11 Å². The van der Waals surface area contributed by atoms with Crippen molar-refractivity contribution in [1.82, 2.24) is 15.3 Å². The van der Waals surface area contributed by atoms with E-state index in [1.807, 2.05) is 36.4 Å². The first kappa shape index (κ1) is 18.4. The summed E-state index contributed by atoms with van der Waals surface area (Å²) in [7, 11) is 1.64. The van der Waals surface area contributed by atoms with Gasteiger partial charge >= 0.3 is 0 Å². The van der Waals surface area contributed by atoms with E-state index in [1.54, 1.807) is 37.8 Å². The second-order valence-electron chi connectivity index (χ2n) is 6.00. The Morgan fingerprint density at radius 3 is 2.67 bits per heavy atom. The van der Waals surface area contributed by atoms with E-state index >= 15 is 0 Å². The van der Waals surface area contributed by atoms with Gasteiger partial charge in [-0.3, -0.25) is 9.78 Å². The van der Waals surface area contributed by atoms with E-state index in [0.717, 1.165) is 23.3 Å². The van der Waals surface area contributed by atoms with Crippen LogP contribution in [0.2, 0.25) is 0 Å². The molecule has 0 atom stereocenters. The van der Waals surface area contributed by atoms with Crippen LogP contribution in [0.3, 0.4) is 0 Å². The van der Waals surface area contributed by atoms with Gasteiger partial charge in [-0.2, -0.15) is 0 Å². The van der Waals surface area contributed by atoms with Crippen LogP contribution in [0.1, 0.15) is 21.5 Å². The molecule has 2 N–H and O–H groups in total. The Labute approximate surface area is 158 Å². The largest absolute Gasteiger partial charge is 0.497 e. The lowest BCUT2D eigenvalue weighted by molar-refractivity contribution is 0.0954. The predicted molar refractivity (Wildman–Crippen MR) is 105 cm³/mol. The summed E-state index contributed by atoms with van der Waals surface area (Å²) in [6, 6.07) is 15.2. The van der Waals surface area contributed by atoms with Crippen LogP contribution >= 0.6 is 0 Å². The highest BCUT2D eigenvalue weighted by Crippen LogP contribution is 2.12. The number of amides is 1. The number of benzene rings is 1. The predicted octanol–water partition coefficient (Wildman–Crippen LogP) is 3.07. The zero-order chi connectivity index (χ0) is 18.9. The van der Waals surface area contributed by atoms with Crippen molar-refractivity contribution in [3.05, 3.63) is 83.8 Å². The molecule has 0 radical (unpaired) electrons. The Morgan fingerprint density at radius 1 is 1.07 bits per heavy atom. The molecular formula is C21H22N4O2. The summed E-state index contributed by atoms with van der Waals surface area (Å²) in [5.74, 6) is 1.36. The van der Waals surface area contributed by atoms with Gasteiger partial charge in [-0.05, 0) is 47.9 Å². The maximum absolute atomic E-state index is 12.4. The molecule has 0 spiro atoms. The van der Waals surface area contributed by atoms with Crippen molar-refractivity contribution in [1.29, 1.82) is 0 Å². The SMILES string of the molecule is COc1ccc(CCNC(=O)c2ccnc(NCc3cccnc3)c2)cc1. The van der Waals surface area contributed by atoms with Crippen molar-refractivity contribution in [2.75, 3.05) is 19.0 Å². The molecule has 2 heterocycles. The molecule has 27 heavy (non-hydrogen) atoms. The molecule has 3 rings (SSSR count). The van der Waals surface area contributed by atoms with Crippen LogP contribution in [0.15, 0.2) is 67.1 Å². The number of carbonyl (C=O) groups is 1. The highest BCUT2D eigenvalue weighted by atomic mass is 16.5. The molecule has 138 valence electrons. The van der Waals surface area contributed by atoms with E-state index in [-0.39, 0.29) is 5.91 Å². The fourth-order valence-corrected chi connectivity index (χ4v) is 2.58. The Bertz CT molecular complexity index is 867. The molecular weight excluding hydrogens is 340 g/mol. The number of methoxy groups -OCH3 is 1. The van der Waals surface area contributed by atoms with E-state index < -0.39 is 0 Å². The van der Waals surface area contributed by atoms with E-state index in [2.05, 4.69) is 20.6 Å². The first-order valence-electron chi connectivity index (χ1n) is 8.74. The summed E-state index contributed by atoms with van der Waals surface area (Å²) in [6.45, 7) is 1.16. The number of ether oxygens (including phenoxy) is 1. The van der Waals surface area contributed by atoms with Crippen LogP contribution in [0, 0.1) is 0 Å². The summed E-state index contributed by atoms with van der Waals surface area (Å²) in [5, 5.41) is 6.15. The molecule has 1 amide bonds. The molecule has 1 aromatic carbocycles. The average molecular weight is 362 g/mol. The minimum atomic E-state index is -0.115. The molecule has 0 bridgehead atoms. The van der Waals surface area contributed by atoms with E-state index in [4.69, 9.17) is 4.74 Å². The third-order valence-corrected chi connectivity index (χ3v) is 4.08. The van der Waals surface area contributed by atoms with Gasteiger partial charge in [-0.25, -0.2) is 4.98 Å². The Hall–Kier alpha value is -3.41. The zero-order valence-electron chi connectivity index (χ0n) is 15.2. The third-order valence-electron chi connectivity index (χ3n) is 4.08. The van der Waals surface area contributed by atoms with Crippen molar-refractivity contribution >= 4 is 11.7 Å². The Morgan fingerprint density at radius 2 is 1.93 bits per heavy atom. The maximum Gasteiger partial charge on any atom is 0.251 e. The molecule has 0 aliphatic carbocycles. The summed E-state index contributed by atoms with van der Waals surface area (Å²) < 4.78 is 5.14. The van der Waals surface area contributed by atoms with Crippen molar-refractivity contribution in [3.63, 3.8) is 0 Å². The van der Waals surface area contributed by atoms with E-state index in [9.17, 15) is 4.79 Å². The molecule has 0 unspecified atom stereocenters. The van der Waals surface area contributed by atoms with Gasteiger partial charge < -0.3 is 15.4 Å². The molecule has 0 fully saturated rings. The molecule has 0 saturated carbocycles. The third kappa shape index (κ3) is 5.54. The Balaban J connectivity index is 1.50. The Kier molecular flexibility index (Phi) is 6.35. The van der Waals surface area contributed by atoms with Crippen LogP contribution in [-0.2, 0) is 13.0 Å². The van der Waals surface area contributed by atoms with E-state index in [0.29, 0.717) is 24.5 Å². The van der Waals surface area contributed by atoms with Crippen LogP contribution in [0.5, 0.6) is 5.75 Å². The number of carbonyl (C=O) groups excluding carboxylic acids is 1. The lowest BCUT2D eigenvalue weighted by atomic mass is 10.1. The van der Waals surface area contributed by atoms with Gasteiger partial charge in [0.1, 0.15) is 11.6 Å². The first-order valence-corrected chi connectivity index (χ1v) is 8.74. The number of aromatic nitrogens is 2. The molecule has 0 aliphatic rings. The van der Waals surface area contributed by atoms with Crippen LogP contribution in [0.4, 0.5) is 5.82 Å². The summed E-state index contributed by atoms with van der Waals surface area (Å²) in [5.41, 5.74) is 2.77. The van der Waals surface area contributed by atoms with Gasteiger partial charge in [0, 0.05) is 37.2 Å². The lowest BCUT2D eigenvalue weighted by Gasteiger charge is -2.09. The summed E-state index contributed by atoms with van der Waals surface area (Å²) in [4.78, 5) is 20.7. The number of hydrogen-bond donors (Lipinski definition) is 2. The van der Waals surface area contributed by atoms with Gasteiger partial charge in [0.2, 0.25) is 0 Å². The van der Waals surface area contributed by atoms with Crippen molar-refractivity contribution in [3.8, 4) is 5.75 Å². The highest BCUT2D eigenvalue weighted by molar-refractivity contribution is 5.94. The normalized spacial score (nSPS) is 10.3. The van der Waals surface area contributed by atoms with E-state index in [1.165, 1.54) is 0 Å². The lowest BCUT2D eigenvalue weighted by Crippen LogP contribution is -2.25.